The van der Waals surface area contributed by atoms with Crippen LogP contribution in [-0.4, -0.2) is 11.9 Å². The first-order valence-corrected chi connectivity index (χ1v) is 8.43. The van der Waals surface area contributed by atoms with Gasteiger partial charge >= 0.3 is 0 Å². The van der Waals surface area contributed by atoms with Gasteiger partial charge in [-0.3, -0.25) is 0 Å². The van der Waals surface area contributed by atoms with Gasteiger partial charge in [-0.2, -0.15) is 0 Å². The van der Waals surface area contributed by atoms with E-state index in [1.807, 2.05) is 0 Å². The molecular weight excluding hydrogens is 300 g/mol. The van der Waals surface area contributed by atoms with E-state index in [9.17, 15) is 0 Å². The van der Waals surface area contributed by atoms with Gasteiger partial charge in [-0.15, -0.1) is 0 Å². The number of hydrogen-bond acceptors (Lipinski definition) is 1. The van der Waals surface area contributed by atoms with Gasteiger partial charge in [0.1, 0.15) is 5.75 Å². The lowest BCUT2D eigenvalue weighted by molar-refractivity contribution is 0.298. The van der Waals surface area contributed by atoms with Crippen LogP contribution in [0.3, 0.4) is 0 Å². The molecule has 0 bridgehead atoms. The highest BCUT2D eigenvalue weighted by molar-refractivity contribution is 9.09. The van der Waals surface area contributed by atoms with Crippen molar-refractivity contribution in [2.75, 3.05) is 11.9 Å². The van der Waals surface area contributed by atoms with E-state index in [1.54, 1.807) is 0 Å². The summed E-state index contributed by atoms with van der Waals surface area (Å²) in [6, 6.07) is 6.63. The molecule has 108 valence electrons. The molecule has 0 amide bonds. The fourth-order valence-electron chi connectivity index (χ4n) is 2.06. The zero-order valence-corrected chi connectivity index (χ0v) is 14.3. The zero-order valence-electron chi connectivity index (χ0n) is 12.8. The largest absolute Gasteiger partial charge is 0.493 e. The Kier molecular flexibility index (Phi) is 6.92. The van der Waals surface area contributed by atoms with Crippen LogP contribution in [0.1, 0.15) is 58.1 Å². The number of alkyl halides is 1. The molecule has 1 aromatic carbocycles. The van der Waals surface area contributed by atoms with E-state index in [0.29, 0.717) is 0 Å². The number of aryl methyl sites for hydroxylation is 1. The van der Waals surface area contributed by atoms with Crippen LogP contribution in [0, 0.1) is 0 Å². The molecule has 0 radical (unpaired) electrons. The highest BCUT2D eigenvalue weighted by atomic mass is 79.9. The predicted molar refractivity (Wildman–Crippen MR) is 87.7 cm³/mol. The fraction of sp³-hybridized carbons (Fsp3) is 0.647. The van der Waals surface area contributed by atoms with Crippen molar-refractivity contribution in [1.29, 1.82) is 0 Å². The fourth-order valence-corrected chi connectivity index (χ4v) is 2.46. The van der Waals surface area contributed by atoms with Crippen LogP contribution in [0.2, 0.25) is 0 Å². The average Bonchev–Trinajstić information content (AvgIpc) is 2.37. The maximum atomic E-state index is 5.99. The average molecular weight is 327 g/mol. The van der Waals surface area contributed by atoms with Crippen molar-refractivity contribution in [1.82, 2.24) is 0 Å². The molecule has 0 N–H and O–H groups in total. The Morgan fingerprint density at radius 2 is 1.84 bits per heavy atom. The van der Waals surface area contributed by atoms with E-state index < -0.39 is 0 Å². The van der Waals surface area contributed by atoms with Gasteiger partial charge in [0.25, 0.3) is 0 Å². The molecule has 0 aliphatic rings. The second-order valence-electron chi connectivity index (χ2n) is 6.03. The Hall–Kier alpha value is -0.500. The van der Waals surface area contributed by atoms with Crippen LogP contribution in [0.5, 0.6) is 5.75 Å². The third kappa shape index (κ3) is 5.56. The predicted octanol–water partition coefficient (Wildman–Crippen LogP) is 5.49. The molecule has 1 rings (SSSR count). The molecule has 0 aliphatic heterocycles. The summed E-state index contributed by atoms with van der Waals surface area (Å²) in [6.45, 7) is 9.77. The highest BCUT2D eigenvalue weighted by Crippen LogP contribution is 2.32. The van der Waals surface area contributed by atoms with Gasteiger partial charge in [0, 0.05) is 5.33 Å². The molecule has 1 nitrogen and oxygen atoms in total. The summed E-state index contributed by atoms with van der Waals surface area (Å²) in [7, 11) is 0. The lowest BCUT2D eigenvalue weighted by Crippen LogP contribution is -2.14. The Morgan fingerprint density at radius 1 is 1.11 bits per heavy atom. The van der Waals surface area contributed by atoms with Crippen LogP contribution in [0.4, 0.5) is 0 Å². The molecule has 0 atom stereocenters. The van der Waals surface area contributed by atoms with Crippen molar-refractivity contribution in [3.05, 3.63) is 29.3 Å². The maximum Gasteiger partial charge on any atom is 0.123 e. The molecular formula is C17H27BrO. The minimum absolute atomic E-state index is 0.135. The summed E-state index contributed by atoms with van der Waals surface area (Å²) in [6.07, 6.45) is 4.66. The molecule has 0 saturated heterocycles. The van der Waals surface area contributed by atoms with Crippen molar-refractivity contribution >= 4 is 15.9 Å². The van der Waals surface area contributed by atoms with Gasteiger partial charge in [-0.1, -0.05) is 55.8 Å². The van der Waals surface area contributed by atoms with Crippen molar-refractivity contribution < 1.29 is 4.74 Å². The first-order valence-electron chi connectivity index (χ1n) is 7.31. The number of ether oxygens (including phenoxy) is 1. The Bertz CT molecular complexity index is 379. The first-order chi connectivity index (χ1) is 8.99. The van der Waals surface area contributed by atoms with Crippen LogP contribution >= 0.6 is 15.9 Å². The molecule has 0 aliphatic carbocycles. The Labute approximate surface area is 126 Å². The minimum Gasteiger partial charge on any atom is -0.493 e. The van der Waals surface area contributed by atoms with E-state index in [0.717, 1.165) is 30.5 Å². The van der Waals surface area contributed by atoms with E-state index in [4.69, 9.17) is 4.74 Å². The molecule has 2 heteroatoms. The number of benzene rings is 1. The number of halogens is 1. The highest BCUT2D eigenvalue weighted by Gasteiger charge is 2.19. The molecule has 0 spiro atoms. The van der Waals surface area contributed by atoms with Crippen molar-refractivity contribution in [2.24, 2.45) is 0 Å². The summed E-state index contributed by atoms with van der Waals surface area (Å²) >= 11 is 3.46. The molecule has 0 saturated carbocycles. The summed E-state index contributed by atoms with van der Waals surface area (Å²) in [5.74, 6) is 1.06. The van der Waals surface area contributed by atoms with Gasteiger partial charge in [0.05, 0.1) is 6.61 Å². The Balaban J connectivity index is 2.71. The first kappa shape index (κ1) is 16.6. The molecule has 19 heavy (non-hydrogen) atoms. The van der Waals surface area contributed by atoms with Crippen molar-refractivity contribution in [3.8, 4) is 5.75 Å². The van der Waals surface area contributed by atoms with Gasteiger partial charge in [0.15, 0.2) is 0 Å². The second kappa shape index (κ2) is 7.94. The lowest BCUT2D eigenvalue weighted by atomic mass is 9.85. The van der Waals surface area contributed by atoms with E-state index in [2.05, 4.69) is 61.8 Å². The van der Waals surface area contributed by atoms with Crippen LogP contribution in [0.15, 0.2) is 18.2 Å². The number of unbranched alkanes of at least 4 members (excludes halogenated alkanes) is 2. The molecule has 0 aromatic heterocycles. The normalized spacial score (nSPS) is 11.6. The molecule has 0 unspecified atom stereocenters. The van der Waals surface area contributed by atoms with Crippen LogP contribution in [-0.2, 0) is 11.8 Å². The van der Waals surface area contributed by atoms with E-state index in [1.165, 1.54) is 24.0 Å². The second-order valence-corrected chi connectivity index (χ2v) is 6.83. The standard InChI is InChI=1S/C17H27BrO/c1-5-14-9-10-16(15(13-14)17(2,3)4)19-12-8-6-7-11-18/h9-10,13H,5-8,11-12H2,1-4H3. The molecule has 0 heterocycles. The number of hydrogen-bond donors (Lipinski definition) is 0. The van der Waals surface area contributed by atoms with Crippen LogP contribution < -0.4 is 4.74 Å². The third-order valence-electron chi connectivity index (χ3n) is 3.30. The Morgan fingerprint density at radius 3 is 2.42 bits per heavy atom. The summed E-state index contributed by atoms with van der Waals surface area (Å²) < 4.78 is 5.99. The molecule has 0 fully saturated rings. The SMILES string of the molecule is CCc1ccc(OCCCCCBr)c(C(C)(C)C)c1. The van der Waals surface area contributed by atoms with Crippen molar-refractivity contribution in [2.45, 2.75) is 58.8 Å². The van der Waals surface area contributed by atoms with Gasteiger partial charge in [0.2, 0.25) is 0 Å². The smallest absolute Gasteiger partial charge is 0.123 e. The summed E-state index contributed by atoms with van der Waals surface area (Å²) in [5.41, 5.74) is 2.85. The topological polar surface area (TPSA) is 9.23 Å². The van der Waals surface area contributed by atoms with Crippen molar-refractivity contribution in [3.63, 3.8) is 0 Å². The lowest BCUT2D eigenvalue weighted by Gasteiger charge is -2.23. The third-order valence-corrected chi connectivity index (χ3v) is 3.86. The van der Waals surface area contributed by atoms with Gasteiger partial charge in [-0.25, -0.2) is 0 Å². The van der Waals surface area contributed by atoms with Crippen LogP contribution in [0.25, 0.3) is 0 Å². The van der Waals surface area contributed by atoms with Gasteiger partial charge in [-0.05, 0) is 48.3 Å². The van der Waals surface area contributed by atoms with Gasteiger partial charge < -0.3 is 4.74 Å². The monoisotopic (exact) mass is 326 g/mol. The summed E-state index contributed by atoms with van der Waals surface area (Å²) in [4.78, 5) is 0. The summed E-state index contributed by atoms with van der Waals surface area (Å²) in [5, 5.41) is 1.09. The minimum atomic E-state index is 0.135. The quantitative estimate of drug-likeness (QED) is 0.475. The zero-order chi connectivity index (χ0) is 14.3. The maximum absolute atomic E-state index is 5.99. The number of rotatable bonds is 7. The van der Waals surface area contributed by atoms with E-state index >= 15 is 0 Å². The molecule has 1 aromatic rings. The van der Waals surface area contributed by atoms with E-state index in [-0.39, 0.29) is 5.41 Å².